The number of rotatable bonds is 2. The van der Waals surface area contributed by atoms with Gasteiger partial charge in [0.05, 0.1) is 15.6 Å². The Bertz CT molecular complexity index is 674. The minimum Gasteiger partial charge on any atom is -0.507 e. The summed E-state index contributed by atoms with van der Waals surface area (Å²) in [5, 5.41) is 9.87. The molecular formula is C12H9IO5. The average Bonchev–Trinajstić information content (AvgIpc) is 2.34. The highest BCUT2D eigenvalue weighted by Crippen LogP contribution is 2.27. The van der Waals surface area contributed by atoms with Gasteiger partial charge in [0.25, 0.3) is 0 Å². The van der Waals surface area contributed by atoms with Crippen LogP contribution in [0.2, 0.25) is 0 Å². The number of hydrogen-bond acceptors (Lipinski definition) is 5. The number of halogens is 1. The molecule has 0 fully saturated rings. The van der Waals surface area contributed by atoms with Crippen molar-refractivity contribution < 1.29 is 19.1 Å². The van der Waals surface area contributed by atoms with E-state index in [2.05, 4.69) is 0 Å². The van der Waals surface area contributed by atoms with E-state index in [0.717, 1.165) is 6.07 Å². The maximum absolute atomic E-state index is 11.8. The van der Waals surface area contributed by atoms with Crippen LogP contribution in [0.5, 0.6) is 5.75 Å². The van der Waals surface area contributed by atoms with Gasteiger partial charge >= 0.3 is 5.97 Å². The van der Waals surface area contributed by atoms with Crippen LogP contribution in [0.1, 0.15) is 17.5 Å². The third kappa shape index (κ3) is 2.20. The molecule has 0 aliphatic heterocycles. The Morgan fingerprint density at radius 3 is 2.89 bits per heavy atom. The van der Waals surface area contributed by atoms with Crippen molar-refractivity contribution in [2.24, 2.45) is 0 Å². The summed E-state index contributed by atoms with van der Waals surface area (Å²) < 4.78 is 10.5. The largest absolute Gasteiger partial charge is 0.507 e. The van der Waals surface area contributed by atoms with E-state index in [4.69, 9.17) is 9.15 Å². The van der Waals surface area contributed by atoms with Gasteiger partial charge in [-0.2, -0.15) is 0 Å². The summed E-state index contributed by atoms with van der Waals surface area (Å²) in [7, 11) is 0. The second-order valence-corrected chi connectivity index (χ2v) is 4.55. The fourth-order valence-corrected chi connectivity index (χ4v) is 2.06. The molecule has 0 saturated carbocycles. The molecule has 0 bridgehead atoms. The van der Waals surface area contributed by atoms with Crippen molar-refractivity contribution in [2.45, 2.75) is 6.92 Å². The van der Waals surface area contributed by atoms with Gasteiger partial charge in [-0.15, -0.1) is 0 Å². The molecule has 2 aromatic rings. The Hall–Kier alpha value is -1.57. The number of phenols is 1. The summed E-state index contributed by atoms with van der Waals surface area (Å²) >= 11 is 1.85. The lowest BCUT2D eigenvalue weighted by atomic mass is 10.2. The lowest BCUT2D eigenvalue weighted by Crippen LogP contribution is -2.10. The molecule has 0 radical (unpaired) electrons. The van der Waals surface area contributed by atoms with Crippen LogP contribution in [0.25, 0.3) is 11.0 Å². The third-order valence-corrected chi connectivity index (χ3v) is 3.34. The van der Waals surface area contributed by atoms with Gasteiger partial charge in [0.1, 0.15) is 5.75 Å². The first-order chi connectivity index (χ1) is 8.54. The quantitative estimate of drug-likeness (QED) is 0.657. The summed E-state index contributed by atoms with van der Waals surface area (Å²) in [4.78, 5) is 23.3. The Labute approximate surface area is 116 Å². The number of esters is 1. The Morgan fingerprint density at radius 2 is 2.22 bits per heavy atom. The minimum absolute atomic E-state index is 0.00717. The number of hydrogen-bond donors (Lipinski definition) is 1. The number of carbonyl (C=O) groups is 1. The molecule has 0 aliphatic rings. The summed E-state index contributed by atoms with van der Waals surface area (Å²) in [6.45, 7) is 1.85. The monoisotopic (exact) mass is 360 g/mol. The number of carbonyl (C=O) groups excluding carboxylic acids is 1. The average molecular weight is 360 g/mol. The first kappa shape index (κ1) is 12.9. The number of benzene rings is 1. The van der Waals surface area contributed by atoms with E-state index < -0.39 is 5.97 Å². The Kier molecular flexibility index (Phi) is 3.55. The van der Waals surface area contributed by atoms with Crippen LogP contribution >= 0.6 is 22.6 Å². The molecule has 1 heterocycles. The molecule has 18 heavy (non-hydrogen) atoms. The zero-order chi connectivity index (χ0) is 13.3. The van der Waals surface area contributed by atoms with Crippen molar-refractivity contribution >= 4 is 39.5 Å². The molecule has 94 valence electrons. The van der Waals surface area contributed by atoms with Gasteiger partial charge in [0.15, 0.2) is 11.0 Å². The zero-order valence-corrected chi connectivity index (χ0v) is 11.6. The molecule has 0 aliphatic carbocycles. The lowest BCUT2D eigenvalue weighted by Gasteiger charge is -2.05. The molecule has 6 heteroatoms. The number of phenolic OH excluding ortho intramolecular Hbond substituents is 1. The summed E-state index contributed by atoms with van der Waals surface area (Å²) in [6.07, 6.45) is 0. The molecule has 1 N–H and O–H groups in total. The van der Waals surface area contributed by atoms with Crippen LogP contribution in [0, 0.1) is 3.57 Å². The molecule has 0 spiro atoms. The SMILES string of the molecule is CCOC(=O)c1cc(=O)c2ccc(O)c(I)c2o1. The number of fused-ring (bicyclic) bond motifs is 1. The first-order valence-electron chi connectivity index (χ1n) is 5.17. The predicted molar refractivity (Wildman–Crippen MR) is 72.8 cm³/mol. The van der Waals surface area contributed by atoms with Gasteiger partial charge in [-0.25, -0.2) is 4.79 Å². The number of aromatic hydroxyl groups is 1. The molecule has 1 aromatic carbocycles. The first-order valence-corrected chi connectivity index (χ1v) is 6.25. The van der Waals surface area contributed by atoms with E-state index >= 15 is 0 Å². The highest BCUT2D eigenvalue weighted by atomic mass is 127. The Morgan fingerprint density at radius 1 is 1.50 bits per heavy atom. The van der Waals surface area contributed by atoms with Gasteiger partial charge in [0.2, 0.25) is 5.76 Å². The summed E-state index contributed by atoms with van der Waals surface area (Å²) in [6, 6.07) is 3.95. The van der Waals surface area contributed by atoms with Crippen LogP contribution in [0.15, 0.2) is 27.4 Å². The summed E-state index contributed by atoms with van der Waals surface area (Å²) in [5.74, 6) is -0.874. The fourth-order valence-electron chi connectivity index (χ4n) is 1.48. The third-order valence-electron chi connectivity index (χ3n) is 2.29. The highest BCUT2D eigenvalue weighted by Gasteiger charge is 2.16. The van der Waals surface area contributed by atoms with Crippen LogP contribution in [-0.2, 0) is 4.74 Å². The molecule has 2 rings (SSSR count). The van der Waals surface area contributed by atoms with E-state index in [-0.39, 0.29) is 29.1 Å². The van der Waals surface area contributed by atoms with Crippen LogP contribution in [0.3, 0.4) is 0 Å². The molecule has 5 nitrogen and oxygen atoms in total. The van der Waals surface area contributed by atoms with E-state index in [1.807, 2.05) is 22.6 Å². The fraction of sp³-hybridized carbons (Fsp3) is 0.167. The second-order valence-electron chi connectivity index (χ2n) is 3.47. The summed E-state index contributed by atoms with van der Waals surface area (Å²) in [5.41, 5.74) is -0.164. The van der Waals surface area contributed by atoms with Crippen molar-refractivity contribution in [1.29, 1.82) is 0 Å². The molecular weight excluding hydrogens is 351 g/mol. The molecule has 0 saturated heterocycles. The smallest absolute Gasteiger partial charge is 0.374 e. The van der Waals surface area contributed by atoms with Crippen molar-refractivity contribution in [2.75, 3.05) is 6.61 Å². The molecule has 0 atom stereocenters. The van der Waals surface area contributed by atoms with Crippen LogP contribution < -0.4 is 5.43 Å². The van der Waals surface area contributed by atoms with E-state index in [1.165, 1.54) is 12.1 Å². The normalized spacial score (nSPS) is 10.6. The van der Waals surface area contributed by atoms with E-state index in [0.29, 0.717) is 8.96 Å². The highest BCUT2D eigenvalue weighted by molar-refractivity contribution is 14.1. The van der Waals surface area contributed by atoms with Crippen molar-refractivity contribution in [3.63, 3.8) is 0 Å². The Balaban J connectivity index is 2.71. The van der Waals surface area contributed by atoms with Gasteiger partial charge in [-0.3, -0.25) is 4.79 Å². The number of ether oxygens (including phenoxy) is 1. The topological polar surface area (TPSA) is 76.7 Å². The van der Waals surface area contributed by atoms with Crippen LogP contribution in [-0.4, -0.2) is 17.7 Å². The molecule has 1 aromatic heterocycles. The standard InChI is InChI=1S/C12H9IO5/c1-2-17-12(16)9-5-8(15)6-3-4-7(14)10(13)11(6)18-9/h3-5,14H,2H2,1H3. The molecule has 0 unspecified atom stereocenters. The maximum atomic E-state index is 11.8. The van der Waals surface area contributed by atoms with Crippen molar-refractivity contribution in [3.05, 3.63) is 37.8 Å². The van der Waals surface area contributed by atoms with Gasteiger partial charge in [-0.1, -0.05) is 0 Å². The second kappa shape index (κ2) is 4.97. The van der Waals surface area contributed by atoms with Gasteiger partial charge in [-0.05, 0) is 41.6 Å². The lowest BCUT2D eigenvalue weighted by molar-refractivity contribution is 0.0490. The van der Waals surface area contributed by atoms with E-state index in [1.54, 1.807) is 6.92 Å². The van der Waals surface area contributed by atoms with Gasteiger partial charge < -0.3 is 14.3 Å². The molecule has 0 amide bonds. The van der Waals surface area contributed by atoms with Crippen LogP contribution in [0.4, 0.5) is 0 Å². The minimum atomic E-state index is -0.698. The van der Waals surface area contributed by atoms with Crippen molar-refractivity contribution in [3.8, 4) is 5.75 Å². The maximum Gasteiger partial charge on any atom is 0.374 e. The van der Waals surface area contributed by atoms with Crippen molar-refractivity contribution in [1.82, 2.24) is 0 Å². The zero-order valence-electron chi connectivity index (χ0n) is 9.40. The predicted octanol–water partition coefficient (Wildman–Crippen LogP) is 2.28. The van der Waals surface area contributed by atoms with E-state index in [9.17, 15) is 14.7 Å². The van der Waals surface area contributed by atoms with Gasteiger partial charge in [0, 0.05) is 6.07 Å².